The van der Waals surface area contributed by atoms with E-state index in [-0.39, 0.29) is 11.8 Å². The SMILES string of the molecule is O=C(NCc1cccnc1)[C@H]1C[C@@H]1c1ccccc1. The maximum Gasteiger partial charge on any atom is 0.224 e. The molecule has 1 aromatic carbocycles. The van der Waals surface area contributed by atoms with E-state index in [1.54, 1.807) is 12.4 Å². The van der Waals surface area contributed by atoms with Crippen molar-refractivity contribution in [1.29, 1.82) is 0 Å². The minimum absolute atomic E-state index is 0.138. The molecule has 3 rings (SSSR count). The molecule has 96 valence electrons. The van der Waals surface area contributed by atoms with Crippen LogP contribution >= 0.6 is 0 Å². The van der Waals surface area contributed by atoms with Gasteiger partial charge >= 0.3 is 0 Å². The van der Waals surface area contributed by atoms with Crippen molar-refractivity contribution in [2.24, 2.45) is 5.92 Å². The minimum atomic E-state index is 0.138. The second-order valence-corrected chi connectivity index (χ2v) is 4.94. The Hall–Kier alpha value is -2.16. The zero-order valence-corrected chi connectivity index (χ0v) is 10.6. The number of aromatic nitrogens is 1. The quantitative estimate of drug-likeness (QED) is 0.908. The molecule has 1 aliphatic carbocycles. The molecule has 1 N–H and O–H groups in total. The van der Waals surface area contributed by atoms with E-state index < -0.39 is 0 Å². The molecule has 0 aliphatic heterocycles. The van der Waals surface area contributed by atoms with E-state index in [4.69, 9.17) is 0 Å². The molecule has 0 saturated heterocycles. The smallest absolute Gasteiger partial charge is 0.224 e. The van der Waals surface area contributed by atoms with Gasteiger partial charge in [0.2, 0.25) is 5.91 Å². The van der Waals surface area contributed by atoms with Gasteiger partial charge in [0.1, 0.15) is 0 Å². The third kappa shape index (κ3) is 2.81. The molecule has 0 radical (unpaired) electrons. The van der Waals surface area contributed by atoms with Crippen molar-refractivity contribution in [1.82, 2.24) is 10.3 Å². The summed E-state index contributed by atoms with van der Waals surface area (Å²) in [6.45, 7) is 0.560. The fraction of sp³-hybridized carbons (Fsp3) is 0.250. The van der Waals surface area contributed by atoms with Crippen LogP contribution in [0.25, 0.3) is 0 Å². The number of hydrogen-bond donors (Lipinski definition) is 1. The van der Waals surface area contributed by atoms with Crippen molar-refractivity contribution >= 4 is 5.91 Å². The molecule has 0 bridgehead atoms. The van der Waals surface area contributed by atoms with Crippen LogP contribution in [0.3, 0.4) is 0 Å². The first kappa shape index (κ1) is 11.9. The molecule has 1 heterocycles. The van der Waals surface area contributed by atoms with E-state index >= 15 is 0 Å². The maximum atomic E-state index is 12.0. The van der Waals surface area contributed by atoms with E-state index in [0.717, 1.165) is 12.0 Å². The fourth-order valence-corrected chi connectivity index (χ4v) is 2.38. The van der Waals surface area contributed by atoms with Gasteiger partial charge in [-0.1, -0.05) is 36.4 Å². The molecule has 1 saturated carbocycles. The number of rotatable bonds is 4. The van der Waals surface area contributed by atoms with E-state index in [2.05, 4.69) is 22.4 Å². The van der Waals surface area contributed by atoms with Crippen molar-refractivity contribution in [3.8, 4) is 0 Å². The lowest BCUT2D eigenvalue weighted by Crippen LogP contribution is -2.24. The predicted molar refractivity (Wildman–Crippen MR) is 73.4 cm³/mol. The Bertz CT molecular complexity index is 553. The summed E-state index contributed by atoms with van der Waals surface area (Å²) in [5, 5.41) is 2.98. The monoisotopic (exact) mass is 252 g/mol. The third-order valence-electron chi connectivity index (χ3n) is 3.54. The zero-order valence-electron chi connectivity index (χ0n) is 10.6. The predicted octanol–water partition coefficient (Wildman–Crippen LogP) is 2.50. The molecule has 2 atom stereocenters. The second kappa shape index (κ2) is 5.22. The molecule has 3 nitrogen and oxygen atoms in total. The van der Waals surface area contributed by atoms with Crippen molar-refractivity contribution < 1.29 is 4.79 Å². The van der Waals surface area contributed by atoms with Crippen LogP contribution in [0.1, 0.15) is 23.5 Å². The highest BCUT2D eigenvalue weighted by Gasteiger charge is 2.43. The number of pyridine rings is 1. The van der Waals surface area contributed by atoms with E-state index in [0.29, 0.717) is 12.5 Å². The van der Waals surface area contributed by atoms with E-state index in [9.17, 15) is 4.79 Å². The molecule has 0 spiro atoms. The number of hydrogen-bond acceptors (Lipinski definition) is 2. The lowest BCUT2D eigenvalue weighted by Gasteiger charge is -2.04. The fourth-order valence-electron chi connectivity index (χ4n) is 2.38. The molecule has 1 amide bonds. The highest BCUT2D eigenvalue weighted by Crippen LogP contribution is 2.47. The van der Waals surface area contributed by atoms with Gasteiger partial charge in [-0.2, -0.15) is 0 Å². The number of carbonyl (C=O) groups is 1. The highest BCUT2D eigenvalue weighted by molar-refractivity contribution is 5.82. The number of nitrogens with one attached hydrogen (secondary N) is 1. The van der Waals surface area contributed by atoms with Gasteiger partial charge in [0.05, 0.1) is 0 Å². The number of amides is 1. The van der Waals surface area contributed by atoms with Crippen LogP contribution in [-0.4, -0.2) is 10.9 Å². The van der Waals surface area contributed by atoms with Crippen LogP contribution in [0.15, 0.2) is 54.9 Å². The largest absolute Gasteiger partial charge is 0.352 e. The number of nitrogens with zero attached hydrogens (tertiary/aromatic N) is 1. The molecule has 3 heteroatoms. The van der Waals surface area contributed by atoms with Crippen LogP contribution < -0.4 is 5.32 Å². The van der Waals surface area contributed by atoms with Gasteiger partial charge in [-0.3, -0.25) is 9.78 Å². The van der Waals surface area contributed by atoms with E-state index in [1.807, 2.05) is 30.3 Å². The van der Waals surface area contributed by atoms with Gasteiger partial charge in [0.25, 0.3) is 0 Å². The Morgan fingerprint density at radius 1 is 1.21 bits per heavy atom. The van der Waals surface area contributed by atoms with Gasteiger partial charge in [0, 0.05) is 24.9 Å². The summed E-state index contributed by atoms with van der Waals surface area (Å²) < 4.78 is 0. The summed E-state index contributed by atoms with van der Waals surface area (Å²) >= 11 is 0. The van der Waals surface area contributed by atoms with Crippen molar-refractivity contribution in [3.05, 3.63) is 66.0 Å². The standard InChI is InChI=1S/C16H16N2O/c19-16(18-11-12-5-4-8-17-10-12)15-9-14(15)13-6-2-1-3-7-13/h1-8,10,14-15H,9,11H2,(H,18,19)/t14-,15+/m1/s1. The topological polar surface area (TPSA) is 42.0 Å². The van der Waals surface area contributed by atoms with Gasteiger partial charge in [-0.05, 0) is 29.5 Å². The summed E-state index contributed by atoms with van der Waals surface area (Å²) in [6, 6.07) is 14.1. The highest BCUT2D eigenvalue weighted by atomic mass is 16.2. The average Bonchev–Trinajstić information content (AvgIpc) is 3.27. The Labute approximate surface area is 112 Å². The molecule has 1 fully saturated rings. The van der Waals surface area contributed by atoms with Crippen LogP contribution in [0, 0.1) is 5.92 Å². The molecular weight excluding hydrogens is 236 g/mol. The molecule has 0 unspecified atom stereocenters. The summed E-state index contributed by atoms with van der Waals surface area (Å²) in [7, 11) is 0. The molecule has 1 aromatic heterocycles. The van der Waals surface area contributed by atoms with Crippen LogP contribution in [0.4, 0.5) is 0 Å². The normalized spacial score (nSPS) is 20.8. The first-order chi connectivity index (χ1) is 9.34. The van der Waals surface area contributed by atoms with Crippen LogP contribution in [0.5, 0.6) is 0 Å². The Morgan fingerprint density at radius 3 is 2.79 bits per heavy atom. The van der Waals surface area contributed by atoms with Gasteiger partial charge in [-0.25, -0.2) is 0 Å². The maximum absolute atomic E-state index is 12.0. The summed E-state index contributed by atoms with van der Waals surface area (Å²) in [5.41, 5.74) is 2.30. The third-order valence-corrected chi connectivity index (χ3v) is 3.54. The number of benzene rings is 1. The van der Waals surface area contributed by atoms with Crippen molar-refractivity contribution in [3.63, 3.8) is 0 Å². The summed E-state index contributed by atoms with van der Waals surface area (Å²) in [4.78, 5) is 16.1. The van der Waals surface area contributed by atoms with Gasteiger partial charge in [-0.15, -0.1) is 0 Å². The van der Waals surface area contributed by atoms with Crippen LogP contribution in [-0.2, 0) is 11.3 Å². The Morgan fingerprint density at radius 2 is 2.05 bits per heavy atom. The zero-order chi connectivity index (χ0) is 13.1. The molecular formula is C16H16N2O. The summed E-state index contributed by atoms with van der Waals surface area (Å²) in [6.07, 6.45) is 4.47. The molecule has 2 aromatic rings. The average molecular weight is 252 g/mol. The molecule has 19 heavy (non-hydrogen) atoms. The summed E-state index contributed by atoms with van der Waals surface area (Å²) in [5.74, 6) is 0.687. The minimum Gasteiger partial charge on any atom is -0.352 e. The van der Waals surface area contributed by atoms with Gasteiger partial charge < -0.3 is 5.32 Å². The van der Waals surface area contributed by atoms with Crippen LogP contribution in [0.2, 0.25) is 0 Å². The van der Waals surface area contributed by atoms with Crippen molar-refractivity contribution in [2.75, 3.05) is 0 Å². The number of carbonyl (C=O) groups excluding carboxylic acids is 1. The Balaban J connectivity index is 1.53. The molecule has 1 aliphatic rings. The second-order valence-electron chi connectivity index (χ2n) is 4.94. The first-order valence-corrected chi connectivity index (χ1v) is 6.56. The van der Waals surface area contributed by atoms with Gasteiger partial charge in [0.15, 0.2) is 0 Å². The first-order valence-electron chi connectivity index (χ1n) is 6.56. The lowest BCUT2D eigenvalue weighted by molar-refractivity contribution is -0.122. The Kier molecular flexibility index (Phi) is 3.27. The van der Waals surface area contributed by atoms with Crippen molar-refractivity contribution in [2.45, 2.75) is 18.9 Å². The lowest BCUT2D eigenvalue weighted by atomic mass is 10.1. The van der Waals surface area contributed by atoms with E-state index in [1.165, 1.54) is 5.56 Å².